The van der Waals surface area contributed by atoms with Gasteiger partial charge in [-0.05, 0) is 61.3 Å². The van der Waals surface area contributed by atoms with Crippen LogP contribution in [0.2, 0.25) is 0 Å². The molecule has 1 N–H and O–H groups in total. The number of hydrogen-bond donors (Lipinski definition) is 1. The van der Waals surface area contributed by atoms with E-state index < -0.39 is 0 Å². The minimum Gasteiger partial charge on any atom is -0.463 e. The van der Waals surface area contributed by atoms with Crippen LogP contribution in [0.25, 0.3) is 0 Å². The van der Waals surface area contributed by atoms with Crippen molar-refractivity contribution in [2.24, 2.45) is 0 Å². The number of fused-ring (bicyclic) bond motifs is 1. The summed E-state index contributed by atoms with van der Waals surface area (Å²) in [6.07, 6.45) is 7.16. The highest BCUT2D eigenvalue weighted by Gasteiger charge is 2.12. The zero-order valence-electron chi connectivity index (χ0n) is 11.9. The van der Waals surface area contributed by atoms with Gasteiger partial charge in [-0.1, -0.05) is 12.1 Å². The third kappa shape index (κ3) is 3.04. The lowest BCUT2D eigenvalue weighted by Gasteiger charge is -2.19. The molecule has 3 rings (SSSR count). The summed E-state index contributed by atoms with van der Waals surface area (Å²) < 4.78 is 5.81. The van der Waals surface area contributed by atoms with Crippen molar-refractivity contribution in [2.75, 3.05) is 11.6 Å². The molecule has 0 radical (unpaired) electrons. The Bertz CT molecular complexity index is 576. The lowest BCUT2D eigenvalue weighted by atomic mass is 9.90. The van der Waals surface area contributed by atoms with E-state index in [1.54, 1.807) is 11.8 Å². The van der Waals surface area contributed by atoms with Crippen molar-refractivity contribution in [1.82, 2.24) is 0 Å². The normalized spacial score (nSPS) is 14.1. The first kappa shape index (κ1) is 13.6. The van der Waals surface area contributed by atoms with Gasteiger partial charge in [0.15, 0.2) is 0 Å². The van der Waals surface area contributed by atoms with Gasteiger partial charge >= 0.3 is 0 Å². The molecule has 0 amide bonds. The summed E-state index contributed by atoms with van der Waals surface area (Å²) in [7, 11) is 0. The zero-order chi connectivity index (χ0) is 13.8. The van der Waals surface area contributed by atoms with Crippen LogP contribution in [0.15, 0.2) is 34.7 Å². The van der Waals surface area contributed by atoms with E-state index in [1.807, 2.05) is 0 Å². The van der Waals surface area contributed by atoms with Crippen LogP contribution in [0.4, 0.5) is 5.69 Å². The fourth-order valence-electron chi connectivity index (χ4n) is 2.87. The minimum atomic E-state index is 0.769. The maximum atomic E-state index is 5.81. The molecule has 0 spiro atoms. The lowest BCUT2D eigenvalue weighted by Crippen LogP contribution is -2.08. The van der Waals surface area contributed by atoms with E-state index in [-0.39, 0.29) is 0 Å². The smallest absolute Gasteiger partial charge is 0.123 e. The van der Waals surface area contributed by atoms with Gasteiger partial charge in [0.25, 0.3) is 0 Å². The van der Waals surface area contributed by atoms with Gasteiger partial charge in [0.1, 0.15) is 11.5 Å². The Morgan fingerprint density at radius 2 is 1.95 bits per heavy atom. The summed E-state index contributed by atoms with van der Waals surface area (Å²) in [5.74, 6) is 3.02. The molecule has 0 aliphatic heterocycles. The number of anilines is 1. The molecule has 1 heterocycles. The fraction of sp³-hybridized carbons (Fsp3) is 0.412. The summed E-state index contributed by atoms with van der Waals surface area (Å²) in [5.41, 5.74) is 4.31. The molecule has 3 heteroatoms. The standard InChI is InChI=1S/C17H21NOS/c1-20-12-15-10-9-14(19-15)11-18-17-8-4-6-13-5-2-3-7-16(13)17/h4,6,8-10,18H,2-3,5,7,11-12H2,1H3. The van der Waals surface area contributed by atoms with E-state index in [0.717, 1.165) is 23.8 Å². The van der Waals surface area contributed by atoms with Crippen molar-refractivity contribution in [3.63, 3.8) is 0 Å². The third-order valence-electron chi connectivity index (χ3n) is 3.85. The summed E-state index contributed by atoms with van der Waals surface area (Å²) in [6.45, 7) is 0.769. The molecule has 20 heavy (non-hydrogen) atoms. The molecular weight excluding hydrogens is 266 g/mol. The van der Waals surface area contributed by atoms with Gasteiger partial charge in [-0.3, -0.25) is 0 Å². The van der Waals surface area contributed by atoms with Gasteiger partial charge in [-0.15, -0.1) is 0 Å². The predicted octanol–water partition coefficient (Wildman–Crippen LogP) is 4.63. The van der Waals surface area contributed by atoms with Crippen LogP contribution < -0.4 is 5.32 Å². The van der Waals surface area contributed by atoms with Gasteiger partial charge in [0, 0.05) is 5.69 Å². The lowest BCUT2D eigenvalue weighted by molar-refractivity contribution is 0.487. The third-order valence-corrected chi connectivity index (χ3v) is 4.43. The monoisotopic (exact) mass is 287 g/mol. The molecule has 2 aromatic rings. The second-order valence-corrected chi connectivity index (χ2v) is 6.17. The molecule has 0 atom stereocenters. The first-order valence-corrected chi connectivity index (χ1v) is 8.67. The highest BCUT2D eigenvalue weighted by Crippen LogP contribution is 2.28. The van der Waals surface area contributed by atoms with Crippen molar-refractivity contribution in [3.8, 4) is 0 Å². The van der Waals surface area contributed by atoms with Crippen LogP contribution in [0.1, 0.15) is 35.5 Å². The molecule has 1 aromatic heterocycles. The molecular formula is C17H21NOS. The van der Waals surface area contributed by atoms with Crippen molar-refractivity contribution in [2.45, 2.75) is 38.0 Å². The number of aryl methyl sites for hydroxylation is 1. The van der Waals surface area contributed by atoms with Crippen molar-refractivity contribution in [3.05, 3.63) is 53.0 Å². The molecule has 0 unspecified atom stereocenters. The van der Waals surface area contributed by atoms with Crippen LogP contribution in [0.3, 0.4) is 0 Å². The van der Waals surface area contributed by atoms with Gasteiger partial charge in [-0.2, -0.15) is 11.8 Å². The average Bonchev–Trinajstić information content (AvgIpc) is 2.93. The fourth-order valence-corrected chi connectivity index (χ4v) is 3.31. The van der Waals surface area contributed by atoms with Crippen molar-refractivity contribution >= 4 is 17.4 Å². The Morgan fingerprint density at radius 3 is 2.85 bits per heavy atom. The molecule has 1 aliphatic rings. The maximum absolute atomic E-state index is 5.81. The van der Waals surface area contributed by atoms with Crippen LogP contribution in [-0.4, -0.2) is 6.26 Å². The van der Waals surface area contributed by atoms with Crippen LogP contribution in [0.5, 0.6) is 0 Å². The van der Waals surface area contributed by atoms with E-state index in [0.29, 0.717) is 0 Å². The van der Waals surface area contributed by atoms with Gasteiger partial charge in [0.05, 0.1) is 12.3 Å². The SMILES string of the molecule is CSCc1ccc(CNc2cccc3c2CCCC3)o1. The molecule has 0 saturated heterocycles. The second kappa shape index (κ2) is 6.40. The quantitative estimate of drug-likeness (QED) is 0.867. The maximum Gasteiger partial charge on any atom is 0.123 e. The Balaban J connectivity index is 1.68. The summed E-state index contributed by atoms with van der Waals surface area (Å²) in [6, 6.07) is 10.8. The van der Waals surface area contributed by atoms with Crippen LogP contribution in [0, 0.1) is 0 Å². The highest BCUT2D eigenvalue weighted by molar-refractivity contribution is 7.97. The molecule has 1 aromatic carbocycles. The molecule has 0 bridgehead atoms. The van der Waals surface area contributed by atoms with Gasteiger partial charge < -0.3 is 9.73 Å². The van der Waals surface area contributed by atoms with Crippen LogP contribution >= 0.6 is 11.8 Å². The van der Waals surface area contributed by atoms with E-state index >= 15 is 0 Å². The van der Waals surface area contributed by atoms with Crippen molar-refractivity contribution < 1.29 is 4.42 Å². The number of benzene rings is 1. The summed E-state index contributed by atoms with van der Waals surface area (Å²) in [4.78, 5) is 0. The second-order valence-electron chi connectivity index (χ2n) is 5.30. The molecule has 0 fully saturated rings. The minimum absolute atomic E-state index is 0.769. The highest BCUT2D eigenvalue weighted by atomic mass is 32.2. The predicted molar refractivity (Wildman–Crippen MR) is 86.3 cm³/mol. The van der Waals surface area contributed by atoms with E-state index in [1.165, 1.54) is 42.5 Å². The number of rotatable bonds is 5. The first-order valence-electron chi connectivity index (χ1n) is 7.28. The van der Waals surface area contributed by atoms with Crippen LogP contribution in [-0.2, 0) is 25.1 Å². The Kier molecular flexibility index (Phi) is 4.36. The van der Waals surface area contributed by atoms with E-state index in [2.05, 4.69) is 41.9 Å². The number of thioether (sulfide) groups is 1. The van der Waals surface area contributed by atoms with Gasteiger partial charge in [0.2, 0.25) is 0 Å². The number of hydrogen-bond acceptors (Lipinski definition) is 3. The molecule has 106 valence electrons. The van der Waals surface area contributed by atoms with Gasteiger partial charge in [-0.25, -0.2) is 0 Å². The first-order chi connectivity index (χ1) is 9.86. The number of nitrogens with one attached hydrogen (secondary N) is 1. The molecule has 2 nitrogen and oxygen atoms in total. The summed E-state index contributed by atoms with van der Waals surface area (Å²) in [5, 5.41) is 3.54. The Morgan fingerprint density at radius 1 is 1.10 bits per heavy atom. The van der Waals surface area contributed by atoms with E-state index in [9.17, 15) is 0 Å². The Labute approximate surface area is 125 Å². The zero-order valence-corrected chi connectivity index (χ0v) is 12.8. The average molecular weight is 287 g/mol. The largest absolute Gasteiger partial charge is 0.463 e. The van der Waals surface area contributed by atoms with E-state index in [4.69, 9.17) is 4.42 Å². The molecule has 1 aliphatic carbocycles. The number of furan rings is 1. The van der Waals surface area contributed by atoms with Crippen molar-refractivity contribution in [1.29, 1.82) is 0 Å². The molecule has 0 saturated carbocycles. The summed E-state index contributed by atoms with van der Waals surface area (Å²) >= 11 is 1.79. The Hall–Kier alpha value is -1.35. The topological polar surface area (TPSA) is 25.2 Å².